The molecule has 0 radical (unpaired) electrons. The van der Waals surface area contributed by atoms with E-state index < -0.39 is 21.3 Å². The third-order valence-electron chi connectivity index (χ3n) is 4.78. The van der Waals surface area contributed by atoms with Gasteiger partial charge in [0.05, 0.1) is 12.5 Å². The molecule has 0 spiro atoms. The van der Waals surface area contributed by atoms with Crippen molar-refractivity contribution in [3.05, 3.63) is 30.2 Å². The summed E-state index contributed by atoms with van der Waals surface area (Å²) in [6.07, 6.45) is 2.99. The van der Waals surface area contributed by atoms with Crippen molar-refractivity contribution in [2.24, 2.45) is 11.1 Å². The van der Waals surface area contributed by atoms with Gasteiger partial charge in [-0.2, -0.15) is 4.31 Å². The molecule has 1 aromatic heterocycles. The number of piperidine rings is 1. The van der Waals surface area contributed by atoms with Crippen LogP contribution < -0.4 is 10.5 Å². The van der Waals surface area contributed by atoms with Crippen LogP contribution in [0.25, 0.3) is 0 Å². The zero-order valence-corrected chi connectivity index (χ0v) is 15.8. The zero-order valence-electron chi connectivity index (χ0n) is 14.9. The smallest absolute Gasteiger partial charge is 0.244 e. The lowest BCUT2D eigenvalue weighted by Gasteiger charge is -2.36. The highest BCUT2D eigenvalue weighted by atomic mass is 32.2. The van der Waals surface area contributed by atoms with E-state index in [-0.39, 0.29) is 30.5 Å². The lowest BCUT2D eigenvalue weighted by molar-refractivity contribution is -0.128. The number of nitrogens with two attached hydrogens (primary N) is 1. The van der Waals surface area contributed by atoms with E-state index in [0.29, 0.717) is 31.2 Å². The number of pyridine rings is 1. The van der Waals surface area contributed by atoms with Crippen LogP contribution in [0.1, 0.15) is 33.1 Å². The Morgan fingerprint density at radius 1 is 1.42 bits per heavy atom. The highest BCUT2D eigenvalue weighted by molar-refractivity contribution is 7.89. The summed E-state index contributed by atoms with van der Waals surface area (Å²) in [5.74, 6) is -0.191. The SMILES string of the molecule is CC/C(=C\F)COc1ccc(S(=O)(=O)N2CCC(C)(C(N)=O)CC2)cn1. The van der Waals surface area contributed by atoms with Gasteiger partial charge < -0.3 is 10.5 Å². The second kappa shape index (κ2) is 8.13. The number of sulfonamides is 1. The normalized spacial score (nSPS) is 18.5. The van der Waals surface area contributed by atoms with E-state index in [0.717, 1.165) is 0 Å². The first-order valence-corrected chi connectivity index (χ1v) is 9.84. The van der Waals surface area contributed by atoms with Crippen LogP contribution in [0, 0.1) is 5.41 Å². The molecule has 2 N–H and O–H groups in total. The van der Waals surface area contributed by atoms with E-state index in [1.807, 2.05) is 0 Å². The van der Waals surface area contributed by atoms with Gasteiger partial charge in [-0.1, -0.05) is 13.8 Å². The summed E-state index contributed by atoms with van der Waals surface area (Å²) in [5, 5.41) is 0. The summed E-state index contributed by atoms with van der Waals surface area (Å²) in [6.45, 7) is 4.06. The lowest BCUT2D eigenvalue weighted by atomic mass is 9.80. The maximum Gasteiger partial charge on any atom is 0.244 e. The maximum atomic E-state index is 12.7. The molecule has 1 amide bonds. The monoisotopic (exact) mass is 385 g/mol. The summed E-state index contributed by atoms with van der Waals surface area (Å²) >= 11 is 0. The Morgan fingerprint density at radius 3 is 2.54 bits per heavy atom. The van der Waals surface area contributed by atoms with E-state index >= 15 is 0 Å². The molecule has 2 rings (SSSR count). The van der Waals surface area contributed by atoms with Crippen LogP contribution in [-0.4, -0.2) is 43.3 Å². The van der Waals surface area contributed by atoms with Crippen LogP contribution in [0.3, 0.4) is 0 Å². The molecule has 0 atom stereocenters. The maximum absolute atomic E-state index is 12.7. The summed E-state index contributed by atoms with van der Waals surface area (Å²) in [7, 11) is -3.70. The molecule has 9 heteroatoms. The van der Waals surface area contributed by atoms with Crippen LogP contribution in [0.2, 0.25) is 0 Å². The second-order valence-electron chi connectivity index (χ2n) is 6.57. The molecule has 1 aliphatic heterocycles. The van der Waals surface area contributed by atoms with Crippen LogP contribution in [0.5, 0.6) is 5.88 Å². The highest BCUT2D eigenvalue weighted by Gasteiger charge is 2.39. The number of rotatable bonds is 7. The molecule has 7 nitrogen and oxygen atoms in total. The number of halogens is 1. The van der Waals surface area contributed by atoms with Gasteiger partial charge in [-0.25, -0.2) is 17.8 Å². The Hall–Kier alpha value is -2.00. The summed E-state index contributed by atoms with van der Waals surface area (Å²) in [5.41, 5.74) is 5.20. The Morgan fingerprint density at radius 2 is 2.08 bits per heavy atom. The number of nitrogens with zero attached hydrogens (tertiary/aromatic N) is 2. The Kier molecular flexibility index (Phi) is 6.35. The van der Waals surface area contributed by atoms with E-state index in [4.69, 9.17) is 10.5 Å². The van der Waals surface area contributed by atoms with Crippen molar-refractivity contribution in [1.29, 1.82) is 0 Å². The van der Waals surface area contributed by atoms with Gasteiger partial charge in [0, 0.05) is 24.6 Å². The van der Waals surface area contributed by atoms with E-state index in [1.54, 1.807) is 13.8 Å². The molecule has 26 heavy (non-hydrogen) atoms. The number of aromatic nitrogens is 1. The predicted molar refractivity (Wildman–Crippen MR) is 94.5 cm³/mol. The molecule has 0 bridgehead atoms. The van der Waals surface area contributed by atoms with Gasteiger partial charge in [0.25, 0.3) is 0 Å². The number of amides is 1. The molecule has 1 saturated heterocycles. The third kappa shape index (κ3) is 4.39. The lowest BCUT2D eigenvalue weighted by Crippen LogP contribution is -2.47. The zero-order chi connectivity index (χ0) is 19.4. The Balaban J connectivity index is 2.05. The van der Waals surface area contributed by atoms with Gasteiger partial charge in [-0.3, -0.25) is 4.79 Å². The number of hydrogen-bond acceptors (Lipinski definition) is 5. The van der Waals surface area contributed by atoms with Gasteiger partial charge in [-0.05, 0) is 30.9 Å². The summed E-state index contributed by atoms with van der Waals surface area (Å²) in [6, 6.07) is 2.85. The molecule has 2 heterocycles. The molecule has 1 fully saturated rings. The van der Waals surface area contributed by atoms with E-state index in [1.165, 1.54) is 22.6 Å². The van der Waals surface area contributed by atoms with Gasteiger partial charge in [0.15, 0.2) is 0 Å². The number of primary amides is 1. The van der Waals surface area contributed by atoms with Gasteiger partial charge in [-0.15, -0.1) is 0 Å². The molecule has 144 valence electrons. The molecule has 1 aromatic rings. The van der Waals surface area contributed by atoms with Crippen molar-refractivity contribution in [3.8, 4) is 5.88 Å². The fraction of sp³-hybridized carbons (Fsp3) is 0.529. The Labute approximate surface area is 153 Å². The predicted octanol–water partition coefficient (Wildman–Crippen LogP) is 2.00. The van der Waals surface area contributed by atoms with Crippen molar-refractivity contribution >= 4 is 15.9 Å². The average Bonchev–Trinajstić information content (AvgIpc) is 2.63. The fourth-order valence-corrected chi connectivity index (χ4v) is 3.98. The second-order valence-corrected chi connectivity index (χ2v) is 8.51. The van der Waals surface area contributed by atoms with Gasteiger partial charge in [0.2, 0.25) is 21.8 Å². The minimum absolute atomic E-state index is 0.0456. The summed E-state index contributed by atoms with van der Waals surface area (Å²) in [4.78, 5) is 15.5. The highest BCUT2D eigenvalue weighted by Crippen LogP contribution is 2.32. The molecule has 0 aliphatic carbocycles. The van der Waals surface area contributed by atoms with Crippen molar-refractivity contribution in [2.75, 3.05) is 19.7 Å². The first kappa shape index (κ1) is 20.3. The molecule has 0 unspecified atom stereocenters. The quantitative estimate of drug-likeness (QED) is 0.773. The van der Waals surface area contributed by atoms with E-state index in [2.05, 4.69) is 4.98 Å². The standard InChI is InChI=1S/C17H24FN3O4S/c1-3-13(10-18)12-25-15-5-4-14(11-20-15)26(23,24)21-8-6-17(2,7-9-21)16(19)22/h4-5,10-11H,3,6-9,12H2,1-2H3,(H2,19,22)/b13-10+. The largest absolute Gasteiger partial charge is 0.473 e. The number of ether oxygens (including phenoxy) is 1. The minimum atomic E-state index is -3.70. The van der Waals surface area contributed by atoms with Gasteiger partial charge >= 0.3 is 0 Å². The number of carbonyl (C=O) groups excluding carboxylic acids is 1. The van der Waals surface area contributed by atoms with Gasteiger partial charge in [0.1, 0.15) is 11.5 Å². The van der Waals surface area contributed by atoms with Crippen LogP contribution in [0.15, 0.2) is 35.1 Å². The number of carbonyl (C=O) groups is 1. The van der Waals surface area contributed by atoms with Crippen LogP contribution in [0.4, 0.5) is 4.39 Å². The average molecular weight is 385 g/mol. The topological polar surface area (TPSA) is 103 Å². The fourth-order valence-electron chi connectivity index (χ4n) is 2.60. The number of hydrogen-bond donors (Lipinski definition) is 1. The van der Waals surface area contributed by atoms with Crippen molar-refractivity contribution in [1.82, 2.24) is 9.29 Å². The van der Waals surface area contributed by atoms with Crippen LogP contribution >= 0.6 is 0 Å². The molecule has 0 saturated carbocycles. The molecule has 1 aliphatic rings. The molecule has 0 aromatic carbocycles. The third-order valence-corrected chi connectivity index (χ3v) is 6.66. The molecular formula is C17H24FN3O4S. The minimum Gasteiger partial charge on any atom is -0.473 e. The first-order chi connectivity index (χ1) is 12.2. The van der Waals surface area contributed by atoms with Crippen molar-refractivity contribution in [3.63, 3.8) is 0 Å². The first-order valence-electron chi connectivity index (χ1n) is 8.40. The Bertz CT molecular complexity index is 770. The molecular weight excluding hydrogens is 361 g/mol. The van der Waals surface area contributed by atoms with Crippen LogP contribution in [-0.2, 0) is 14.8 Å². The van der Waals surface area contributed by atoms with Crippen molar-refractivity contribution < 1.29 is 22.3 Å². The van der Waals surface area contributed by atoms with E-state index in [9.17, 15) is 17.6 Å². The summed E-state index contributed by atoms with van der Waals surface area (Å²) < 4.78 is 44.6. The van der Waals surface area contributed by atoms with Crippen molar-refractivity contribution in [2.45, 2.75) is 38.0 Å².